The predicted octanol–water partition coefficient (Wildman–Crippen LogP) is 3.53. The van der Waals surface area contributed by atoms with Crippen molar-refractivity contribution >= 4 is 15.9 Å². The molecule has 0 spiro atoms. The van der Waals surface area contributed by atoms with Crippen LogP contribution < -0.4 is 0 Å². The van der Waals surface area contributed by atoms with E-state index in [1.807, 2.05) is 24.4 Å². The molecule has 0 radical (unpaired) electrons. The van der Waals surface area contributed by atoms with E-state index in [-0.39, 0.29) is 0 Å². The molecule has 86 valence electrons. The molecule has 1 saturated carbocycles. The third-order valence-electron chi connectivity index (χ3n) is 3.92. The molecular weight excluding hydrogens is 278 g/mol. The maximum absolute atomic E-state index is 4.80. The smallest absolute Gasteiger partial charge is 0.122 e. The second-order valence-corrected chi connectivity index (χ2v) is 5.61. The summed E-state index contributed by atoms with van der Waals surface area (Å²) in [7, 11) is 0. The molecule has 2 aromatic rings. The number of nitrogens with zero attached hydrogens (tertiary/aromatic N) is 3. The Morgan fingerprint density at radius 2 is 2.24 bits per heavy atom. The summed E-state index contributed by atoms with van der Waals surface area (Å²) in [6.07, 6.45) is 5.70. The van der Waals surface area contributed by atoms with Crippen LogP contribution in [0.25, 0.3) is 11.4 Å². The molecule has 2 bridgehead atoms. The highest BCUT2D eigenvalue weighted by Gasteiger charge is 2.40. The second kappa shape index (κ2) is 3.42. The second-order valence-electron chi connectivity index (χ2n) is 4.86. The molecule has 4 heteroatoms. The molecule has 17 heavy (non-hydrogen) atoms. The van der Waals surface area contributed by atoms with Gasteiger partial charge in [-0.25, -0.2) is 4.98 Å². The zero-order valence-electron chi connectivity index (χ0n) is 9.31. The van der Waals surface area contributed by atoms with Gasteiger partial charge in [-0.15, -0.1) is 0 Å². The van der Waals surface area contributed by atoms with Crippen molar-refractivity contribution in [1.29, 1.82) is 0 Å². The Bertz CT molecular complexity index is 576. The van der Waals surface area contributed by atoms with Gasteiger partial charge in [0.2, 0.25) is 0 Å². The number of fused-ring (bicyclic) bond motifs is 5. The molecule has 1 fully saturated rings. The van der Waals surface area contributed by atoms with E-state index in [1.165, 1.54) is 25.1 Å². The molecule has 0 N–H and O–H groups in total. The molecule has 1 aliphatic carbocycles. The van der Waals surface area contributed by atoms with Crippen LogP contribution in [-0.4, -0.2) is 14.5 Å². The summed E-state index contributed by atoms with van der Waals surface area (Å²) >= 11 is 3.70. The van der Waals surface area contributed by atoms with Crippen LogP contribution in [0.4, 0.5) is 0 Å². The van der Waals surface area contributed by atoms with Crippen molar-refractivity contribution in [1.82, 2.24) is 14.5 Å². The molecular formula is C13H12BrN3. The summed E-state index contributed by atoms with van der Waals surface area (Å²) in [4.78, 5) is 9.18. The minimum atomic E-state index is 0.661. The van der Waals surface area contributed by atoms with Gasteiger partial charge in [0.15, 0.2) is 0 Å². The highest BCUT2D eigenvalue weighted by Crippen LogP contribution is 2.51. The highest BCUT2D eigenvalue weighted by molar-refractivity contribution is 9.10. The van der Waals surface area contributed by atoms with Crippen LogP contribution in [0.1, 0.15) is 37.0 Å². The van der Waals surface area contributed by atoms with Gasteiger partial charge in [0.25, 0.3) is 0 Å². The maximum atomic E-state index is 4.80. The summed E-state index contributed by atoms with van der Waals surface area (Å²) in [5, 5.41) is 0. The van der Waals surface area contributed by atoms with Gasteiger partial charge in [-0.2, -0.15) is 0 Å². The summed E-state index contributed by atoms with van der Waals surface area (Å²) in [6.45, 7) is 0. The molecule has 4 rings (SSSR count). The number of aromatic nitrogens is 3. The molecule has 2 aromatic heterocycles. The zero-order chi connectivity index (χ0) is 11.4. The van der Waals surface area contributed by atoms with Crippen molar-refractivity contribution in [3.8, 4) is 11.4 Å². The molecule has 2 aliphatic rings. The standard InChI is InChI=1S/C13H12BrN3/c14-12-11(10-3-1-2-6-15-10)16-13-8-4-5-9(7-8)17(12)13/h1-3,6,8-9H,4-5,7H2/t8-,9+/m0/s1. The van der Waals surface area contributed by atoms with Gasteiger partial charge in [-0.3, -0.25) is 4.98 Å². The lowest BCUT2D eigenvalue weighted by atomic mass is 10.1. The Hall–Kier alpha value is -1.16. The minimum absolute atomic E-state index is 0.661. The van der Waals surface area contributed by atoms with Gasteiger partial charge in [0, 0.05) is 18.2 Å². The van der Waals surface area contributed by atoms with Crippen LogP contribution >= 0.6 is 15.9 Å². The van der Waals surface area contributed by atoms with Gasteiger partial charge in [-0.1, -0.05) is 6.07 Å². The van der Waals surface area contributed by atoms with Crippen LogP contribution in [0.3, 0.4) is 0 Å². The molecule has 0 saturated heterocycles. The molecule has 0 amide bonds. The van der Waals surface area contributed by atoms with Gasteiger partial charge in [0.1, 0.15) is 16.1 Å². The number of halogens is 1. The van der Waals surface area contributed by atoms with Crippen molar-refractivity contribution in [3.05, 3.63) is 34.8 Å². The molecule has 3 heterocycles. The van der Waals surface area contributed by atoms with E-state index in [1.54, 1.807) is 0 Å². The SMILES string of the molecule is Brc1c(-c2ccccn2)nc2n1[C@@H]1CC[C@H]2C1. The average Bonchev–Trinajstić information content (AvgIpc) is 3.03. The van der Waals surface area contributed by atoms with E-state index in [4.69, 9.17) is 4.98 Å². The lowest BCUT2D eigenvalue weighted by molar-refractivity contribution is 0.518. The number of imidazole rings is 1. The van der Waals surface area contributed by atoms with Gasteiger partial charge in [0.05, 0.1) is 5.69 Å². The zero-order valence-corrected chi connectivity index (χ0v) is 10.9. The molecule has 0 aromatic carbocycles. The fraction of sp³-hybridized carbons (Fsp3) is 0.385. The first kappa shape index (κ1) is 9.83. The first-order valence-corrected chi connectivity index (χ1v) is 6.83. The first-order valence-electron chi connectivity index (χ1n) is 6.03. The van der Waals surface area contributed by atoms with Gasteiger partial charge < -0.3 is 4.57 Å². The lowest BCUT2D eigenvalue weighted by Gasteiger charge is -2.13. The van der Waals surface area contributed by atoms with Crippen LogP contribution in [0.5, 0.6) is 0 Å². The fourth-order valence-corrected chi connectivity index (χ4v) is 3.92. The van der Waals surface area contributed by atoms with Crippen molar-refractivity contribution in [2.45, 2.75) is 31.2 Å². The Morgan fingerprint density at radius 3 is 3.00 bits per heavy atom. The van der Waals surface area contributed by atoms with E-state index in [0.29, 0.717) is 12.0 Å². The van der Waals surface area contributed by atoms with E-state index in [0.717, 1.165) is 16.0 Å². The third kappa shape index (κ3) is 1.27. The van der Waals surface area contributed by atoms with E-state index < -0.39 is 0 Å². The summed E-state index contributed by atoms with van der Waals surface area (Å²) in [5.74, 6) is 1.93. The highest BCUT2D eigenvalue weighted by atomic mass is 79.9. The van der Waals surface area contributed by atoms with Crippen LogP contribution in [0, 0.1) is 0 Å². The Balaban J connectivity index is 1.90. The van der Waals surface area contributed by atoms with Crippen LogP contribution in [0.2, 0.25) is 0 Å². The van der Waals surface area contributed by atoms with E-state index in [2.05, 4.69) is 25.5 Å². The number of hydrogen-bond acceptors (Lipinski definition) is 2. The topological polar surface area (TPSA) is 30.7 Å². The monoisotopic (exact) mass is 289 g/mol. The van der Waals surface area contributed by atoms with Crippen molar-refractivity contribution < 1.29 is 0 Å². The van der Waals surface area contributed by atoms with Crippen molar-refractivity contribution in [2.24, 2.45) is 0 Å². The van der Waals surface area contributed by atoms with Crippen LogP contribution in [0.15, 0.2) is 29.0 Å². The van der Waals surface area contributed by atoms with E-state index in [9.17, 15) is 0 Å². The number of pyridine rings is 1. The van der Waals surface area contributed by atoms with E-state index >= 15 is 0 Å². The quantitative estimate of drug-likeness (QED) is 0.804. The Morgan fingerprint density at radius 1 is 1.29 bits per heavy atom. The normalized spacial score (nSPS) is 25.2. The average molecular weight is 290 g/mol. The van der Waals surface area contributed by atoms with Crippen LogP contribution in [-0.2, 0) is 0 Å². The largest absolute Gasteiger partial charge is 0.319 e. The summed E-state index contributed by atoms with van der Waals surface area (Å²) in [5.41, 5.74) is 1.96. The number of hydrogen-bond donors (Lipinski definition) is 0. The molecule has 2 atom stereocenters. The minimum Gasteiger partial charge on any atom is -0.319 e. The molecule has 0 unspecified atom stereocenters. The molecule has 3 nitrogen and oxygen atoms in total. The maximum Gasteiger partial charge on any atom is 0.122 e. The fourth-order valence-electron chi connectivity index (χ4n) is 3.16. The Kier molecular flexibility index (Phi) is 1.98. The van der Waals surface area contributed by atoms with Gasteiger partial charge in [-0.05, 0) is 47.3 Å². The summed E-state index contributed by atoms with van der Waals surface area (Å²) < 4.78 is 3.48. The predicted molar refractivity (Wildman–Crippen MR) is 68.8 cm³/mol. The molecule has 1 aliphatic heterocycles. The summed E-state index contributed by atoms with van der Waals surface area (Å²) in [6, 6.07) is 6.62. The Labute approximate surface area is 108 Å². The van der Waals surface area contributed by atoms with Crippen molar-refractivity contribution in [3.63, 3.8) is 0 Å². The third-order valence-corrected chi connectivity index (χ3v) is 4.68. The first-order chi connectivity index (χ1) is 8.34. The van der Waals surface area contributed by atoms with Crippen molar-refractivity contribution in [2.75, 3.05) is 0 Å². The lowest BCUT2D eigenvalue weighted by Crippen LogP contribution is -2.06. The number of rotatable bonds is 1. The van der Waals surface area contributed by atoms with Gasteiger partial charge >= 0.3 is 0 Å².